The largest absolute Gasteiger partial charge is 0.369 e. The first kappa shape index (κ1) is 10.8. The Labute approximate surface area is 97.1 Å². The Kier molecular flexibility index (Phi) is 3.31. The monoisotopic (exact) mass is 239 g/mol. The van der Waals surface area contributed by atoms with Gasteiger partial charge in [-0.05, 0) is 6.92 Å². The average molecular weight is 240 g/mol. The highest BCUT2D eigenvalue weighted by atomic mass is 35.5. The van der Waals surface area contributed by atoms with Gasteiger partial charge in [0.1, 0.15) is 16.8 Å². The molecule has 0 aliphatic rings. The summed E-state index contributed by atoms with van der Waals surface area (Å²) in [6, 6.07) is 1.67. The molecule has 2 aromatic heterocycles. The van der Waals surface area contributed by atoms with Crippen molar-refractivity contribution >= 4 is 17.4 Å². The summed E-state index contributed by atoms with van der Waals surface area (Å²) in [7, 11) is 0. The molecule has 0 aliphatic heterocycles. The van der Waals surface area contributed by atoms with Crippen LogP contribution >= 0.6 is 11.6 Å². The van der Waals surface area contributed by atoms with E-state index >= 15 is 0 Å². The molecule has 0 saturated heterocycles. The van der Waals surface area contributed by atoms with Gasteiger partial charge in [0.15, 0.2) is 5.82 Å². The van der Waals surface area contributed by atoms with E-state index < -0.39 is 0 Å². The Balaban J connectivity index is 1.89. The molecule has 7 heteroatoms. The minimum Gasteiger partial charge on any atom is -0.369 e. The lowest BCUT2D eigenvalue weighted by molar-refractivity contribution is 0.410. The Morgan fingerprint density at radius 1 is 1.44 bits per heavy atom. The highest BCUT2D eigenvalue weighted by Gasteiger charge is 2.01. The van der Waals surface area contributed by atoms with Gasteiger partial charge in [-0.15, -0.1) is 0 Å². The predicted molar refractivity (Wildman–Crippen MR) is 58.3 cm³/mol. The smallest absolute Gasteiger partial charge is 0.213 e. The van der Waals surface area contributed by atoms with Crippen LogP contribution in [0.5, 0.6) is 0 Å². The molecule has 2 heterocycles. The second-order valence-corrected chi connectivity index (χ2v) is 3.53. The van der Waals surface area contributed by atoms with Crippen LogP contribution in [0.4, 0.5) is 5.82 Å². The van der Waals surface area contributed by atoms with E-state index in [1.165, 1.54) is 6.39 Å². The van der Waals surface area contributed by atoms with E-state index in [1.54, 1.807) is 13.0 Å². The van der Waals surface area contributed by atoms with Crippen molar-refractivity contribution in [2.75, 3.05) is 11.9 Å². The van der Waals surface area contributed by atoms with Gasteiger partial charge in [0.25, 0.3) is 0 Å². The van der Waals surface area contributed by atoms with Crippen LogP contribution in [0, 0.1) is 6.92 Å². The van der Waals surface area contributed by atoms with Gasteiger partial charge in [0.05, 0.1) is 0 Å². The molecule has 16 heavy (non-hydrogen) atoms. The van der Waals surface area contributed by atoms with Crippen molar-refractivity contribution in [1.29, 1.82) is 0 Å². The lowest BCUT2D eigenvalue weighted by Crippen LogP contribution is -2.08. The van der Waals surface area contributed by atoms with E-state index in [1.807, 2.05) is 0 Å². The molecule has 0 unspecified atom stereocenters. The summed E-state index contributed by atoms with van der Waals surface area (Å²) in [5.41, 5.74) is 0. The molecule has 0 aliphatic carbocycles. The Morgan fingerprint density at radius 2 is 2.31 bits per heavy atom. The molecule has 0 radical (unpaired) electrons. The summed E-state index contributed by atoms with van der Waals surface area (Å²) in [5.74, 6) is 1.99. The molecule has 0 saturated carbocycles. The molecule has 2 rings (SSSR count). The van der Waals surface area contributed by atoms with Crippen molar-refractivity contribution < 1.29 is 4.52 Å². The van der Waals surface area contributed by atoms with E-state index in [9.17, 15) is 0 Å². The van der Waals surface area contributed by atoms with Crippen LogP contribution < -0.4 is 5.32 Å². The Morgan fingerprint density at radius 3 is 3.00 bits per heavy atom. The van der Waals surface area contributed by atoms with Crippen LogP contribution in [-0.2, 0) is 6.42 Å². The second kappa shape index (κ2) is 4.89. The minimum atomic E-state index is 0.426. The highest BCUT2D eigenvalue weighted by molar-refractivity contribution is 6.29. The summed E-state index contributed by atoms with van der Waals surface area (Å²) in [4.78, 5) is 12.1. The second-order valence-electron chi connectivity index (χ2n) is 3.15. The molecule has 84 valence electrons. The van der Waals surface area contributed by atoms with Crippen LogP contribution in [0.25, 0.3) is 0 Å². The van der Waals surface area contributed by atoms with E-state index in [0.717, 1.165) is 0 Å². The molecule has 0 spiro atoms. The number of hydrogen-bond donors (Lipinski definition) is 1. The third-order valence-electron chi connectivity index (χ3n) is 1.87. The van der Waals surface area contributed by atoms with Crippen molar-refractivity contribution in [3.8, 4) is 0 Å². The van der Waals surface area contributed by atoms with E-state index in [0.29, 0.717) is 35.6 Å². The van der Waals surface area contributed by atoms with Gasteiger partial charge in [-0.2, -0.15) is 4.98 Å². The quantitative estimate of drug-likeness (QED) is 0.815. The number of halogens is 1. The molecule has 0 fully saturated rings. The van der Waals surface area contributed by atoms with Gasteiger partial charge in [-0.1, -0.05) is 16.8 Å². The number of nitrogens with zero attached hydrogens (tertiary/aromatic N) is 4. The Hall–Kier alpha value is -1.69. The van der Waals surface area contributed by atoms with Crippen LogP contribution in [0.2, 0.25) is 5.15 Å². The topological polar surface area (TPSA) is 76.7 Å². The third-order valence-corrected chi connectivity index (χ3v) is 2.06. The van der Waals surface area contributed by atoms with Gasteiger partial charge < -0.3 is 9.84 Å². The van der Waals surface area contributed by atoms with Crippen LogP contribution in [0.1, 0.15) is 11.6 Å². The SMILES string of the molecule is Cc1nc(Cl)cc(NCCc2ncon2)n1. The molecular weight excluding hydrogens is 230 g/mol. The first-order valence-corrected chi connectivity index (χ1v) is 5.12. The maximum absolute atomic E-state index is 5.80. The van der Waals surface area contributed by atoms with Gasteiger partial charge in [-0.3, -0.25) is 0 Å². The molecule has 2 aromatic rings. The van der Waals surface area contributed by atoms with Crippen LogP contribution in [-0.4, -0.2) is 26.7 Å². The third kappa shape index (κ3) is 2.90. The fourth-order valence-electron chi connectivity index (χ4n) is 1.23. The van der Waals surface area contributed by atoms with Crippen molar-refractivity contribution in [2.24, 2.45) is 0 Å². The minimum absolute atomic E-state index is 0.426. The summed E-state index contributed by atoms with van der Waals surface area (Å²) in [6.07, 6.45) is 1.97. The summed E-state index contributed by atoms with van der Waals surface area (Å²) < 4.78 is 4.62. The Bertz CT molecular complexity index is 439. The number of anilines is 1. The summed E-state index contributed by atoms with van der Waals surface area (Å²) >= 11 is 5.80. The van der Waals surface area contributed by atoms with Crippen LogP contribution in [0.3, 0.4) is 0 Å². The fourth-order valence-corrected chi connectivity index (χ4v) is 1.45. The molecule has 1 N–H and O–H groups in total. The van der Waals surface area contributed by atoms with Crippen molar-refractivity contribution in [3.05, 3.63) is 29.3 Å². The number of aromatic nitrogens is 4. The lowest BCUT2D eigenvalue weighted by atomic mass is 10.4. The first-order chi connectivity index (χ1) is 7.74. The lowest BCUT2D eigenvalue weighted by Gasteiger charge is -2.04. The van der Waals surface area contributed by atoms with Crippen molar-refractivity contribution in [3.63, 3.8) is 0 Å². The summed E-state index contributed by atoms with van der Waals surface area (Å²) in [5, 5.41) is 7.23. The molecule has 0 aromatic carbocycles. The van der Waals surface area contributed by atoms with E-state index in [-0.39, 0.29) is 0 Å². The standard InChI is InChI=1S/C9H10ClN5O/c1-6-13-7(10)4-9(14-6)11-3-2-8-12-5-16-15-8/h4-5H,2-3H2,1H3,(H,11,13,14). The predicted octanol–water partition coefficient (Wildman–Crippen LogP) is 1.48. The van der Waals surface area contributed by atoms with E-state index in [4.69, 9.17) is 11.6 Å². The van der Waals surface area contributed by atoms with Gasteiger partial charge in [0, 0.05) is 19.0 Å². The molecule has 0 atom stereocenters. The average Bonchev–Trinajstić information content (AvgIpc) is 2.69. The normalized spacial score (nSPS) is 10.4. The molecule has 0 amide bonds. The maximum Gasteiger partial charge on any atom is 0.213 e. The van der Waals surface area contributed by atoms with Gasteiger partial charge in [-0.25, -0.2) is 9.97 Å². The number of nitrogens with one attached hydrogen (secondary N) is 1. The zero-order valence-electron chi connectivity index (χ0n) is 8.64. The first-order valence-electron chi connectivity index (χ1n) is 4.74. The fraction of sp³-hybridized carbons (Fsp3) is 0.333. The zero-order chi connectivity index (χ0) is 11.4. The van der Waals surface area contributed by atoms with Gasteiger partial charge in [0.2, 0.25) is 6.39 Å². The van der Waals surface area contributed by atoms with E-state index in [2.05, 4.69) is 29.9 Å². The number of aryl methyl sites for hydroxylation is 1. The molecule has 6 nitrogen and oxygen atoms in total. The number of rotatable bonds is 4. The van der Waals surface area contributed by atoms with Crippen molar-refractivity contribution in [1.82, 2.24) is 20.1 Å². The maximum atomic E-state index is 5.80. The van der Waals surface area contributed by atoms with Gasteiger partial charge >= 0.3 is 0 Å². The highest BCUT2D eigenvalue weighted by Crippen LogP contribution is 2.10. The number of hydrogen-bond acceptors (Lipinski definition) is 6. The molecule has 0 bridgehead atoms. The van der Waals surface area contributed by atoms with Crippen molar-refractivity contribution in [2.45, 2.75) is 13.3 Å². The summed E-state index contributed by atoms with van der Waals surface area (Å²) in [6.45, 7) is 2.45. The zero-order valence-corrected chi connectivity index (χ0v) is 9.40. The van der Waals surface area contributed by atoms with Crippen LogP contribution in [0.15, 0.2) is 17.0 Å². The molecular formula is C9H10ClN5O.